The van der Waals surface area contributed by atoms with Crippen LogP contribution in [-0.2, 0) is 4.74 Å². The number of phenols is 1. The van der Waals surface area contributed by atoms with Gasteiger partial charge in [0.1, 0.15) is 5.75 Å². The number of hydrogen-bond acceptors (Lipinski definition) is 4. The van der Waals surface area contributed by atoms with Crippen LogP contribution in [0.25, 0.3) is 0 Å². The first-order valence-electron chi connectivity index (χ1n) is 6.47. The van der Waals surface area contributed by atoms with Gasteiger partial charge in [0.2, 0.25) is 0 Å². The summed E-state index contributed by atoms with van der Waals surface area (Å²) in [6.45, 7) is 2.03. The zero-order valence-corrected chi connectivity index (χ0v) is 11.5. The van der Waals surface area contributed by atoms with Gasteiger partial charge in [0.15, 0.2) is 0 Å². The lowest BCUT2D eigenvalue weighted by atomic mass is 10.1. The van der Waals surface area contributed by atoms with E-state index in [9.17, 15) is 14.7 Å². The lowest BCUT2D eigenvalue weighted by molar-refractivity contribution is 0.0526. The average Bonchev–Trinajstić information content (AvgIpc) is 2.48. The number of phenolic OH excluding ortho intramolecular Hbond substituents is 1. The standard InChI is InChI=1S/C16H15NO4/c1-2-21-16(20)12-4-3-5-13(10-12)17-15(19)11-6-8-14(18)9-7-11/h3-10,18H,2H2,1H3,(H,17,19). The molecule has 1 amide bonds. The molecule has 2 rings (SSSR count). The van der Waals surface area contributed by atoms with E-state index in [-0.39, 0.29) is 11.7 Å². The molecule has 108 valence electrons. The van der Waals surface area contributed by atoms with Crippen molar-refractivity contribution in [2.75, 3.05) is 11.9 Å². The maximum Gasteiger partial charge on any atom is 0.338 e. The van der Waals surface area contributed by atoms with E-state index in [4.69, 9.17) is 4.74 Å². The Bertz CT molecular complexity index is 650. The molecule has 2 N–H and O–H groups in total. The Labute approximate surface area is 122 Å². The lowest BCUT2D eigenvalue weighted by Gasteiger charge is -2.07. The number of esters is 1. The predicted molar refractivity (Wildman–Crippen MR) is 78.5 cm³/mol. The Morgan fingerprint density at radius 3 is 2.48 bits per heavy atom. The van der Waals surface area contributed by atoms with Crippen LogP contribution >= 0.6 is 0 Å². The molecule has 0 unspecified atom stereocenters. The van der Waals surface area contributed by atoms with Gasteiger partial charge >= 0.3 is 5.97 Å². The molecule has 0 aliphatic heterocycles. The maximum atomic E-state index is 12.0. The Morgan fingerprint density at radius 1 is 1.10 bits per heavy atom. The van der Waals surface area contributed by atoms with E-state index in [0.29, 0.717) is 23.4 Å². The summed E-state index contributed by atoms with van der Waals surface area (Å²) in [6.07, 6.45) is 0. The van der Waals surface area contributed by atoms with Crippen LogP contribution in [0.3, 0.4) is 0 Å². The van der Waals surface area contributed by atoms with E-state index in [0.717, 1.165) is 0 Å². The number of hydrogen-bond donors (Lipinski definition) is 2. The zero-order chi connectivity index (χ0) is 15.2. The molecule has 2 aromatic rings. The molecule has 2 aromatic carbocycles. The second kappa shape index (κ2) is 6.56. The molecule has 0 aliphatic carbocycles. The fraction of sp³-hybridized carbons (Fsp3) is 0.125. The second-order valence-corrected chi connectivity index (χ2v) is 4.30. The molecule has 0 aliphatic rings. The number of rotatable bonds is 4. The summed E-state index contributed by atoms with van der Waals surface area (Å²) < 4.78 is 4.91. The first-order valence-corrected chi connectivity index (χ1v) is 6.47. The highest BCUT2D eigenvalue weighted by Crippen LogP contribution is 2.15. The van der Waals surface area contributed by atoms with Crippen LogP contribution in [0.1, 0.15) is 27.6 Å². The molecule has 0 saturated carbocycles. The van der Waals surface area contributed by atoms with E-state index in [1.54, 1.807) is 31.2 Å². The molecule has 0 bridgehead atoms. The third kappa shape index (κ3) is 3.82. The first kappa shape index (κ1) is 14.6. The number of amides is 1. The van der Waals surface area contributed by atoms with Crippen molar-refractivity contribution in [2.45, 2.75) is 6.92 Å². The minimum atomic E-state index is -0.432. The lowest BCUT2D eigenvalue weighted by Crippen LogP contribution is -2.12. The Kier molecular flexibility index (Phi) is 4.56. The van der Waals surface area contributed by atoms with E-state index in [1.807, 2.05) is 0 Å². The highest BCUT2D eigenvalue weighted by atomic mass is 16.5. The van der Waals surface area contributed by atoms with Gasteiger partial charge in [0.25, 0.3) is 5.91 Å². The largest absolute Gasteiger partial charge is 0.508 e. The van der Waals surface area contributed by atoms with Gasteiger partial charge in [-0.25, -0.2) is 4.79 Å². The number of nitrogens with one attached hydrogen (secondary N) is 1. The molecule has 0 atom stereocenters. The van der Waals surface area contributed by atoms with Crippen LogP contribution in [0.4, 0.5) is 5.69 Å². The van der Waals surface area contributed by atoms with Crippen molar-refractivity contribution in [1.29, 1.82) is 0 Å². The minimum absolute atomic E-state index is 0.0934. The Hall–Kier alpha value is -2.82. The quantitative estimate of drug-likeness (QED) is 0.847. The molecule has 0 fully saturated rings. The van der Waals surface area contributed by atoms with E-state index in [2.05, 4.69) is 5.32 Å². The second-order valence-electron chi connectivity index (χ2n) is 4.30. The Morgan fingerprint density at radius 2 is 1.81 bits per heavy atom. The number of anilines is 1. The van der Waals surface area contributed by atoms with Crippen LogP contribution < -0.4 is 5.32 Å². The highest BCUT2D eigenvalue weighted by molar-refractivity contribution is 6.04. The van der Waals surface area contributed by atoms with Crippen LogP contribution in [0.15, 0.2) is 48.5 Å². The fourth-order valence-electron chi connectivity index (χ4n) is 1.75. The van der Waals surface area contributed by atoms with Gasteiger partial charge < -0.3 is 15.2 Å². The molecule has 5 heteroatoms. The number of benzene rings is 2. The normalized spacial score (nSPS) is 9.95. The van der Waals surface area contributed by atoms with Crippen molar-refractivity contribution in [2.24, 2.45) is 0 Å². The average molecular weight is 285 g/mol. The maximum absolute atomic E-state index is 12.0. The van der Waals surface area contributed by atoms with E-state index in [1.165, 1.54) is 24.3 Å². The van der Waals surface area contributed by atoms with E-state index >= 15 is 0 Å². The molecule has 0 aromatic heterocycles. The van der Waals surface area contributed by atoms with Crippen molar-refractivity contribution in [3.05, 3.63) is 59.7 Å². The van der Waals surface area contributed by atoms with Gasteiger partial charge in [0.05, 0.1) is 12.2 Å². The van der Waals surface area contributed by atoms with Crippen LogP contribution in [0, 0.1) is 0 Å². The predicted octanol–water partition coefficient (Wildman–Crippen LogP) is 2.82. The molecule has 0 radical (unpaired) electrons. The third-order valence-corrected chi connectivity index (χ3v) is 2.76. The fourth-order valence-corrected chi connectivity index (χ4v) is 1.75. The Balaban J connectivity index is 2.12. The minimum Gasteiger partial charge on any atom is -0.508 e. The summed E-state index contributed by atoms with van der Waals surface area (Å²) in [7, 11) is 0. The SMILES string of the molecule is CCOC(=O)c1cccc(NC(=O)c2ccc(O)cc2)c1. The van der Waals surface area contributed by atoms with Crippen molar-refractivity contribution in [3.8, 4) is 5.75 Å². The smallest absolute Gasteiger partial charge is 0.338 e. The van der Waals surface area contributed by atoms with E-state index < -0.39 is 5.97 Å². The van der Waals surface area contributed by atoms with Crippen molar-refractivity contribution in [3.63, 3.8) is 0 Å². The van der Waals surface area contributed by atoms with Crippen LogP contribution in [0.2, 0.25) is 0 Å². The molecule has 0 heterocycles. The summed E-state index contributed by atoms with van der Waals surface area (Å²) in [5.41, 5.74) is 1.29. The number of ether oxygens (including phenoxy) is 1. The van der Waals surface area contributed by atoms with Gasteiger partial charge in [0, 0.05) is 11.3 Å². The van der Waals surface area contributed by atoms with Crippen molar-refractivity contribution >= 4 is 17.6 Å². The molecular weight excluding hydrogens is 270 g/mol. The van der Waals surface area contributed by atoms with Gasteiger partial charge in [-0.2, -0.15) is 0 Å². The summed E-state index contributed by atoms with van der Waals surface area (Å²) in [6, 6.07) is 12.4. The number of aromatic hydroxyl groups is 1. The molecule has 0 spiro atoms. The van der Waals surface area contributed by atoms with Crippen molar-refractivity contribution in [1.82, 2.24) is 0 Å². The van der Waals surface area contributed by atoms with Gasteiger partial charge in [-0.15, -0.1) is 0 Å². The summed E-state index contributed by atoms with van der Waals surface area (Å²) in [5.74, 6) is -0.662. The third-order valence-electron chi connectivity index (χ3n) is 2.76. The zero-order valence-electron chi connectivity index (χ0n) is 11.5. The summed E-state index contributed by atoms with van der Waals surface area (Å²) >= 11 is 0. The molecule has 21 heavy (non-hydrogen) atoms. The highest BCUT2D eigenvalue weighted by Gasteiger charge is 2.09. The van der Waals surface area contributed by atoms with Crippen LogP contribution in [-0.4, -0.2) is 23.6 Å². The van der Waals surface area contributed by atoms with Gasteiger partial charge in [-0.05, 0) is 49.4 Å². The summed E-state index contributed by atoms with van der Waals surface area (Å²) in [4.78, 5) is 23.7. The number of carbonyl (C=O) groups is 2. The number of carbonyl (C=O) groups excluding carboxylic acids is 2. The molecule has 0 saturated heterocycles. The molecule has 5 nitrogen and oxygen atoms in total. The topological polar surface area (TPSA) is 75.6 Å². The molecular formula is C16H15NO4. The monoisotopic (exact) mass is 285 g/mol. The summed E-state index contributed by atoms with van der Waals surface area (Å²) in [5, 5.41) is 11.9. The van der Waals surface area contributed by atoms with Crippen LogP contribution in [0.5, 0.6) is 5.75 Å². The van der Waals surface area contributed by atoms with Gasteiger partial charge in [-0.3, -0.25) is 4.79 Å². The van der Waals surface area contributed by atoms with Gasteiger partial charge in [-0.1, -0.05) is 6.07 Å². The first-order chi connectivity index (χ1) is 10.1. The van der Waals surface area contributed by atoms with Crippen molar-refractivity contribution < 1.29 is 19.4 Å².